The van der Waals surface area contributed by atoms with Gasteiger partial charge in [-0.2, -0.15) is 0 Å². The Morgan fingerprint density at radius 1 is 0.880 bits per heavy atom. The smallest absolute Gasteiger partial charge is 0.242 e. The largest absolute Gasteiger partial charge is 0.339 e. The summed E-state index contributed by atoms with van der Waals surface area (Å²) in [5.74, 6) is 1.13. The molecule has 6 heteroatoms. The van der Waals surface area contributed by atoms with Crippen LogP contribution in [0.4, 0.5) is 0 Å². The zero-order valence-electron chi connectivity index (χ0n) is 15.4. The molecule has 2 N–H and O–H groups in total. The van der Waals surface area contributed by atoms with Gasteiger partial charge in [0.2, 0.25) is 11.8 Å². The van der Waals surface area contributed by atoms with E-state index in [1.54, 1.807) is 0 Å². The van der Waals surface area contributed by atoms with Crippen LogP contribution in [-0.4, -0.2) is 53.3 Å². The van der Waals surface area contributed by atoms with E-state index in [2.05, 4.69) is 0 Å². The Bertz CT molecular complexity index is 452. The van der Waals surface area contributed by atoms with Crippen LogP contribution >= 0.6 is 12.4 Å². The second-order valence-electron chi connectivity index (χ2n) is 8.08. The van der Waals surface area contributed by atoms with E-state index in [0.29, 0.717) is 32.6 Å². The van der Waals surface area contributed by atoms with Gasteiger partial charge in [0.15, 0.2) is 0 Å². The Labute approximate surface area is 158 Å². The van der Waals surface area contributed by atoms with E-state index in [1.807, 2.05) is 9.80 Å². The summed E-state index contributed by atoms with van der Waals surface area (Å²) in [6.45, 7) is 2.64. The van der Waals surface area contributed by atoms with Crippen molar-refractivity contribution in [1.29, 1.82) is 0 Å². The zero-order chi connectivity index (χ0) is 17.0. The van der Waals surface area contributed by atoms with E-state index in [0.717, 1.165) is 38.0 Å². The number of rotatable bonds is 4. The van der Waals surface area contributed by atoms with Crippen molar-refractivity contribution >= 4 is 24.2 Å². The van der Waals surface area contributed by atoms with Gasteiger partial charge in [0, 0.05) is 32.6 Å². The molecule has 0 aromatic carbocycles. The van der Waals surface area contributed by atoms with E-state index in [1.165, 1.54) is 32.1 Å². The van der Waals surface area contributed by atoms with Gasteiger partial charge in [-0.05, 0) is 25.2 Å². The lowest BCUT2D eigenvalue weighted by molar-refractivity contribution is -0.143. The number of carbonyl (C=O) groups is 2. The average molecular weight is 372 g/mol. The Kier molecular flexibility index (Phi) is 7.56. The summed E-state index contributed by atoms with van der Waals surface area (Å²) in [7, 11) is 0. The highest BCUT2D eigenvalue weighted by molar-refractivity contribution is 5.87. The fourth-order valence-electron chi connectivity index (χ4n) is 4.66. The van der Waals surface area contributed by atoms with Crippen molar-refractivity contribution in [3.8, 4) is 0 Å². The predicted octanol–water partition coefficient (Wildman–Crippen LogP) is 2.71. The highest BCUT2D eigenvalue weighted by Crippen LogP contribution is 2.30. The fourth-order valence-corrected chi connectivity index (χ4v) is 4.66. The molecule has 3 rings (SSSR count). The molecule has 0 unspecified atom stereocenters. The number of nitrogens with zero attached hydrogens (tertiary/aromatic N) is 2. The van der Waals surface area contributed by atoms with Crippen LogP contribution in [0.2, 0.25) is 0 Å². The highest BCUT2D eigenvalue weighted by atomic mass is 35.5. The first-order valence-electron chi connectivity index (χ1n) is 9.94. The van der Waals surface area contributed by atoms with Gasteiger partial charge in [-0.25, -0.2) is 0 Å². The molecule has 0 aromatic rings. The minimum absolute atomic E-state index is 0. The third-order valence-electron chi connectivity index (χ3n) is 6.33. The summed E-state index contributed by atoms with van der Waals surface area (Å²) in [6.07, 6.45) is 12.1. The second kappa shape index (κ2) is 9.22. The third kappa shape index (κ3) is 5.10. The summed E-state index contributed by atoms with van der Waals surface area (Å²) in [5, 5.41) is 0. The molecule has 1 heterocycles. The van der Waals surface area contributed by atoms with Gasteiger partial charge in [0.05, 0.1) is 5.54 Å². The number of nitrogens with two attached hydrogens (primary N) is 1. The molecule has 0 radical (unpaired) electrons. The first kappa shape index (κ1) is 20.5. The molecule has 2 aliphatic carbocycles. The number of hydrogen-bond donors (Lipinski definition) is 1. The summed E-state index contributed by atoms with van der Waals surface area (Å²) >= 11 is 0. The molecule has 144 valence electrons. The van der Waals surface area contributed by atoms with Crippen LogP contribution in [0, 0.1) is 5.92 Å². The zero-order valence-corrected chi connectivity index (χ0v) is 16.2. The maximum Gasteiger partial charge on any atom is 0.242 e. The Morgan fingerprint density at radius 2 is 1.44 bits per heavy atom. The normalized spacial score (nSPS) is 24.0. The van der Waals surface area contributed by atoms with Crippen molar-refractivity contribution < 1.29 is 9.59 Å². The Balaban J connectivity index is 0.00000225. The molecule has 0 spiro atoms. The number of carbonyl (C=O) groups excluding carboxylic acids is 2. The molecular formula is C19H34ClN3O2. The number of piperazine rings is 1. The Morgan fingerprint density at radius 3 is 2.04 bits per heavy atom. The minimum atomic E-state index is -0.632. The lowest BCUT2D eigenvalue weighted by Gasteiger charge is -2.38. The van der Waals surface area contributed by atoms with Crippen LogP contribution in [0.1, 0.15) is 70.6 Å². The van der Waals surface area contributed by atoms with Crippen molar-refractivity contribution in [3.63, 3.8) is 0 Å². The van der Waals surface area contributed by atoms with Gasteiger partial charge in [-0.1, -0.05) is 44.9 Å². The molecule has 0 aromatic heterocycles. The first-order chi connectivity index (χ1) is 11.6. The van der Waals surface area contributed by atoms with Crippen molar-refractivity contribution in [2.45, 2.75) is 76.2 Å². The summed E-state index contributed by atoms with van der Waals surface area (Å²) in [5.41, 5.74) is 5.65. The summed E-state index contributed by atoms with van der Waals surface area (Å²) < 4.78 is 0. The van der Waals surface area contributed by atoms with Crippen LogP contribution in [0.3, 0.4) is 0 Å². The lowest BCUT2D eigenvalue weighted by Crippen LogP contribution is -2.59. The standard InChI is InChI=1S/C19H33N3O2.ClH/c20-19(10-4-5-11-19)18(24)22-14-12-21(13-15-22)17(23)9-8-16-6-2-1-3-7-16;/h16H,1-15,20H2;1H. The molecule has 5 nitrogen and oxygen atoms in total. The molecule has 2 saturated carbocycles. The quantitative estimate of drug-likeness (QED) is 0.826. The third-order valence-corrected chi connectivity index (χ3v) is 6.33. The van der Waals surface area contributed by atoms with E-state index in [4.69, 9.17) is 5.73 Å². The minimum Gasteiger partial charge on any atom is -0.339 e. The molecule has 3 fully saturated rings. The molecule has 1 aliphatic heterocycles. The SMILES string of the molecule is Cl.NC1(C(=O)N2CCN(C(=O)CCC3CCCCC3)CC2)CCCC1. The van der Waals surface area contributed by atoms with Crippen molar-refractivity contribution in [1.82, 2.24) is 9.80 Å². The van der Waals surface area contributed by atoms with Crippen LogP contribution in [-0.2, 0) is 9.59 Å². The lowest BCUT2D eigenvalue weighted by atomic mass is 9.86. The van der Waals surface area contributed by atoms with E-state index in [9.17, 15) is 9.59 Å². The topological polar surface area (TPSA) is 66.6 Å². The van der Waals surface area contributed by atoms with Crippen LogP contribution in [0.15, 0.2) is 0 Å². The molecule has 1 saturated heterocycles. The number of halogens is 1. The van der Waals surface area contributed by atoms with Gasteiger partial charge >= 0.3 is 0 Å². The predicted molar refractivity (Wildman–Crippen MR) is 102 cm³/mol. The van der Waals surface area contributed by atoms with Gasteiger partial charge in [-0.3, -0.25) is 9.59 Å². The van der Waals surface area contributed by atoms with Gasteiger partial charge in [0.1, 0.15) is 0 Å². The van der Waals surface area contributed by atoms with Crippen LogP contribution < -0.4 is 5.73 Å². The summed E-state index contributed by atoms with van der Waals surface area (Å²) in [4.78, 5) is 28.9. The molecule has 0 bridgehead atoms. The van der Waals surface area contributed by atoms with Gasteiger partial charge < -0.3 is 15.5 Å². The number of hydrogen-bond acceptors (Lipinski definition) is 3. The summed E-state index contributed by atoms with van der Waals surface area (Å²) in [6, 6.07) is 0. The molecule has 2 amide bonds. The van der Waals surface area contributed by atoms with Crippen LogP contribution in [0.25, 0.3) is 0 Å². The average Bonchev–Trinajstić information content (AvgIpc) is 3.08. The molecule has 25 heavy (non-hydrogen) atoms. The van der Waals surface area contributed by atoms with Crippen molar-refractivity contribution in [2.75, 3.05) is 26.2 Å². The Hall–Kier alpha value is -0.810. The maximum atomic E-state index is 12.6. The monoisotopic (exact) mass is 371 g/mol. The van der Waals surface area contributed by atoms with E-state index < -0.39 is 5.54 Å². The number of amides is 2. The van der Waals surface area contributed by atoms with Gasteiger partial charge in [0.25, 0.3) is 0 Å². The molecular weight excluding hydrogens is 338 g/mol. The highest BCUT2D eigenvalue weighted by Gasteiger charge is 2.40. The molecule has 0 atom stereocenters. The van der Waals surface area contributed by atoms with Crippen LogP contribution in [0.5, 0.6) is 0 Å². The second-order valence-corrected chi connectivity index (χ2v) is 8.08. The molecule has 3 aliphatic rings. The maximum absolute atomic E-state index is 12.6. The van der Waals surface area contributed by atoms with Gasteiger partial charge in [-0.15, -0.1) is 12.4 Å². The van der Waals surface area contributed by atoms with Crippen molar-refractivity contribution in [3.05, 3.63) is 0 Å². The van der Waals surface area contributed by atoms with E-state index in [-0.39, 0.29) is 24.2 Å². The first-order valence-corrected chi connectivity index (χ1v) is 9.94. The van der Waals surface area contributed by atoms with E-state index >= 15 is 0 Å². The van der Waals surface area contributed by atoms with Crippen molar-refractivity contribution in [2.24, 2.45) is 11.7 Å². The fraction of sp³-hybridized carbons (Fsp3) is 0.895.